The molecule has 0 aliphatic carbocycles. The first-order valence-corrected chi connectivity index (χ1v) is 15.3. The third-order valence-corrected chi connectivity index (χ3v) is 9.54. The van der Waals surface area contributed by atoms with E-state index in [-0.39, 0.29) is 27.0 Å². The number of thioether (sulfide) groups is 2. The van der Waals surface area contributed by atoms with Crippen molar-refractivity contribution in [3.63, 3.8) is 0 Å². The van der Waals surface area contributed by atoms with E-state index in [4.69, 9.17) is 0 Å². The average molecular weight is 593 g/mol. The molecule has 1 heterocycles. The number of aliphatic imine (C=N–C) groups is 1. The summed E-state index contributed by atoms with van der Waals surface area (Å²) in [5.41, 5.74) is 3.59. The zero-order valence-corrected chi connectivity index (χ0v) is 25.5. The van der Waals surface area contributed by atoms with Crippen molar-refractivity contribution >= 4 is 65.9 Å². The largest absolute Gasteiger partial charge is 2.00 e. The third kappa shape index (κ3) is 6.57. The molecule has 0 aromatic heterocycles. The molecule has 0 radical (unpaired) electrons. The zero-order valence-electron chi connectivity index (χ0n) is 23.9. The molecule has 0 spiro atoms. The Balaban J connectivity index is 0.000000168. The van der Waals surface area contributed by atoms with Crippen LogP contribution in [-0.4, -0.2) is 22.2 Å². The van der Waals surface area contributed by atoms with Crippen LogP contribution in [0, 0.1) is 6.92 Å². The van der Waals surface area contributed by atoms with Crippen LogP contribution in [0.4, 0.5) is 5.69 Å². The Labute approximate surface area is 264 Å². The van der Waals surface area contributed by atoms with Gasteiger partial charge in [-0.15, -0.1) is 23.2 Å². The van der Waals surface area contributed by atoms with E-state index in [1.807, 2.05) is 91.0 Å². The number of benzene rings is 6. The van der Waals surface area contributed by atoms with Gasteiger partial charge in [-0.25, -0.2) is 0 Å². The van der Waals surface area contributed by atoms with Gasteiger partial charge in [0.2, 0.25) is 0 Å². The Morgan fingerprint density at radius 2 is 1.28 bits per heavy atom. The fourth-order valence-electron chi connectivity index (χ4n) is 4.88. The van der Waals surface area contributed by atoms with Crippen LogP contribution in [0.15, 0.2) is 136 Å². The second kappa shape index (κ2) is 13.4. The quantitative estimate of drug-likeness (QED) is 0.0892. The van der Waals surface area contributed by atoms with Crippen LogP contribution >= 0.6 is 23.5 Å². The summed E-state index contributed by atoms with van der Waals surface area (Å²) in [5.74, 6) is 0.0816. The number of fused-ring (bicyclic) bond motifs is 3. The molecule has 1 aliphatic rings. The van der Waals surface area contributed by atoms with E-state index in [0.29, 0.717) is 5.56 Å². The minimum Gasteiger partial charge on any atom is -0.872 e. The van der Waals surface area contributed by atoms with Gasteiger partial charge in [-0.1, -0.05) is 126 Å². The molecule has 7 heteroatoms. The summed E-state index contributed by atoms with van der Waals surface area (Å²) >= 11 is 3.19. The summed E-state index contributed by atoms with van der Waals surface area (Å²) in [5, 5.41) is 34.1. The Morgan fingerprint density at radius 3 is 1.93 bits per heavy atom. The first-order valence-electron chi connectivity index (χ1n) is 13.6. The molecule has 0 fully saturated rings. The Hall–Kier alpha value is -4.22. The van der Waals surface area contributed by atoms with Crippen molar-refractivity contribution in [1.82, 2.24) is 0 Å². The molecule has 208 valence electrons. The topological polar surface area (TPSA) is 72.6 Å². The molecule has 0 saturated heterocycles. The van der Waals surface area contributed by atoms with Gasteiger partial charge in [0.15, 0.2) is 0 Å². The van der Waals surface area contributed by atoms with Gasteiger partial charge in [0, 0.05) is 11.9 Å². The van der Waals surface area contributed by atoms with Gasteiger partial charge >= 0.3 is 10.1 Å². The van der Waals surface area contributed by atoms with Crippen molar-refractivity contribution in [2.24, 2.45) is 4.99 Å². The summed E-state index contributed by atoms with van der Waals surface area (Å²) in [6.45, 7) is 2.06. The molecule has 1 atom stereocenters. The number of hydrogen-bond acceptors (Lipinski definition) is 5. The van der Waals surface area contributed by atoms with E-state index in [1.165, 1.54) is 5.56 Å². The molecule has 0 bridgehead atoms. The fraction of sp³-hybridized carbons (Fsp3) is 0.0833. The molecule has 0 N–H and O–H groups in total. The van der Waals surface area contributed by atoms with Crippen LogP contribution < -0.4 is 10.2 Å². The van der Waals surface area contributed by atoms with Gasteiger partial charge in [-0.3, -0.25) is 4.99 Å². The molecule has 6 aromatic rings. The Bertz CT molecular complexity index is 1920. The van der Waals surface area contributed by atoms with Crippen LogP contribution in [0.5, 0.6) is 11.5 Å². The van der Waals surface area contributed by atoms with Crippen LogP contribution in [-0.2, 0) is 0 Å². The summed E-state index contributed by atoms with van der Waals surface area (Å²) < 4.78 is 0. The Kier molecular flexibility index (Phi) is 9.42. The average Bonchev–Trinajstić information content (AvgIpc) is 3.45. The predicted octanol–water partition coefficient (Wildman–Crippen LogP) is 8.73. The maximum Gasteiger partial charge on any atom is 2.00 e. The van der Waals surface area contributed by atoms with Gasteiger partial charge in [0.05, 0.1) is 0 Å². The van der Waals surface area contributed by atoms with Crippen LogP contribution in [0.3, 0.4) is 0 Å². The van der Waals surface area contributed by atoms with E-state index in [2.05, 4.69) is 35.4 Å². The number of hydrogen-bond donors (Lipinski definition) is 0. The maximum absolute atomic E-state index is 12.4. The van der Waals surface area contributed by atoms with Crippen molar-refractivity contribution < 1.29 is 10.2 Å². The van der Waals surface area contributed by atoms with E-state index < -0.39 is 0 Å². The van der Waals surface area contributed by atoms with E-state index in [0.717, 1.165) is 47.6 Å². The Morgan fingerprint density at radius 1 is 0.721 bits per heavy atom. The van der Waals surface area contributed by atoms with Gasteiger partial charge in [0.25, 0.3) is 0 Å². The SMILES string of the molecule is CN=C(Sc1ccccc1C)c1cc2ccccc2cc1[O-].[Be+2].[O-]c1cc2ccccc2cc1C1[N-]c2ccccc2S1. The van der Waals surface area contributed by atoms with Gasteiger partial charge < -0.3 is 15.5 Å². The summed E-state index contributed by atoms with van der Waals surface area (Å²) in [4.78, 5) is 6.61. The summed E-state index contributed by atoms with van der Waals surface area (Å²) in [6, 6.07) is 39.3. The van der Waals surface area contributed by atoms with Crippen molar-refractivity contribution in [1.29, 1.82) is 0 Å². The molecule has 7 rings (SSSR count). The maximum atomic E-state index is 12.4. The van der Waals surface area contributed by atoms with E-state index in [9.17, 15) is 10.2 Å². The standard InChI is InChI=1S/C19H17NOS.C17H12NOS.Be/c1-13-7-3-6-10-18(13)22-19(20-2)16-11-14-8-4-5-9-15(14)12-17(16)21;19-15-10-12-6-2-1-5-11(12)9-13(15)17-18-14-7-3-4-8-16(14)20-17;/h3-12,21H,1-2H3;1-10,17,19H;/q;-1;+2/p-2. The van der Waals surface area contributed by atoms with Crippen LogP contribution in [0.2, 0.25) is 0 Å². The van der Waals surface area contributed by atoms with Crippen molar-refractivity contribution in [3.05, 3.63) is 143 Å². The smallest absolute Gasteiger partial charge is 0.872 e. The summed E-state index contributed by atoms with van der Waals surface area (Å²) in [7, 11) is 1.73. The first kappa shape index (κ1) is 30.2. The normalized spacial score (nSPS) is 13.9. The molecule has 43 heavy (non-hydrogen) atoms. The molecular weight excluding hydrogens is 566 g/mol. The molecule has 6 aromatic carbocycles. The van der Waals surface area contributed by atoms with Gasteiger partial charge in [-0.05, 0) is 68.1 Å². The second-order valence-corrected chi connectivity index (χ2v) is 12.0. The summed E-state index contributed by atoms with van der Waals surface area (Å²) in [6.07, 6.45) is 0. The van der Waals surface area contributed by atoms with Crippen LogP contribution in [0.25, 0.3) is 26.9 Å². The third-order valence-electron chi connectivity index (χ3n) is 7.09. The number of aryl methyl sites for hydroxylation is 1. The predicted molar refractivity (Wildman–Crippen MR) is 180 cm³/mol. The molecule has 1 unspecified atom stereocenters. The monoisotopic (exact) mass is 592 g/mol. The van der Waals surface area contributed by atoms with Gasteiger partial charge in [-0.2, -0.15) is 0 Å². The molecular formula is C36H27BeN2O2S2-. The minimum atomic E-state index is -0.121. The number of nitrogens with zero attached hydrogens (tertiary/aromatic N) is 2. The number of rotatable bonds is 3. The molecule has 0 amide bonds. The van der Waals surface area contributed by atoms with Crippen molar-refractivity contribution in [3.8, 4) is 11.5 Å². The van der Waals surface area contributed by atoms with Gasteiger partial charge in [0.1, 0.15) is 5.04 Å². The molecule has 0 saturated carbocycles. The number of para-hydroxylation sites is 1. The van der Waals surface area contributed by atoms with Crippen molar-refractivity contribution in [2.75, 3.05) is 7.05 Å². The van der Waals surface area contributed by atoms with Crippen molar-refractivity contribution in [2.45, 2.75) is 22.1 Å². The van der Waals surface area contributed by atoms with Crippen LogP contribution in [0.1, 0.15) is 22.1 Å². The molecule has 1 aliphatic heterocycles. The molecule has 4 nitrogen and oxygen atoms in total. The first-order chi connectivity index (χ1) is 20.5. The fourth-order valence-corrected chi connectivity index (χ4v) is 6.94. The minimum absolute atomic E-state index is 0. The second-order valence-electron chi connectivity index (χ2n) is 9.90. The van der Waals surface area contributed by atoms with E-state index >= 15 is 0 Å². The van der Waals surface area contributed by atoms with E-state index in [1.54, 1.807) is 42.7 Å². The zero-order chi connectivity index (χ0) is 29.1.